The van der Waals surface area contributed by atoms with Crippen LogP contribution in [-0.4, -0.2) is 28.0 Å². The number of nitrogens with one attached hydrogen (secondary N) is 1. The van der Waals surface area contributed by atoms with Gasteiger partial charge in [0.15, 0.2) is 0 Å². The lowest BCUT2D eigenvalue weighted by Gasteiger charge is -2.16. The van der Waals surface area contributed by atoms with Gasteiger partial charge in [0.1, 0.15) is 18.4 Å². The Hall–Kier alpha value is -2.89. The predicted molar refractivity (Wildman–Crippen MR) is 98.1 cm³/mol. The maximum Gasteiger partial charge on any atom is 0.326 e. The standard InChI is InChI=1S/C20H24N2O4/c1-13(2)9-18(20(24)25)22-19(23)16-6-4-5-15(10-16)12-26-17-8-7-14(3)21-11-17/h4-8,10-11,13,18H,9,12H2,1-3H3,(H,22,23)(H,24,25)/t18-/m0/s1. The van der Waals surface area contributed by atoms with Crippen molar-refractivity contribution in [2.24, 2.45) is 5.92 Å². The number of hydrogen-bond acceptors (Lipinski definition) is 4. The highest BCUT2D eigenvalue weighted by Crippen LogP contribution is 2.13. The van der Waals surface area contributed by atoms with Crippen LogP contribution in [0.25, 0.3) is 0 Å². The number of amides is 1. The van der Waals surface area contributed by atoms with E-state index in [-0.39, 0.29) is 5.92 Å². The number of ether oxygens (including phenoxy) is 1. The van der Waals surface area contributed by atoms with Crippen molar-refractivity contribution in [1.82, 2.24) is 10.3 Å². The van der Waals surface area contributed by atoms with Gasteiger partial charge in [-0.3, -0.25) is 9.78 Å². The zero-order valence-corrected chi connectivity index (χ0v) is 15.2. The van der Waals surface area contributed by atoms with Crippen molar-refractivity contribution < 1.29 is 19.4 Å². The Morgan fingerprint density at radius 1 is 1.23 bits per heavy atom. The van der Waals surface area contributed by atoms with Gasteiger partial charge in [-0.1, -0.05) is 26.0 Å². The molecule has 2 N–H and O–H groups in total. The van der Waals surface area contributed by atoms with Crippen LogP contribution in [0.3, 0.4) is 0 Å². The zero-order chi connectivity index (χ0) is 19.1. The first-order valence-corrected chi connectivity index (χ1v) is 8.53. The summed E-state index contributed by atoms with van der Waals surface area (Å²) in [7, 11) is 0. The molecule has 26 heavy (non-hydrogen) atoms. The van der Waals surface area contributed by atoms with Gasteiger partial charge in [0.05, 0.1) is 6.20 Å². The van der Waals surface area contributed by atoms with E-state index in [0.29, 0.717) is 24.3 Å². The Bertz CT molecular complexity index is 757. The lowest BCUT2D eigenvalue weighted by Crippen LogP contribution is -2.41. The topological polar surface area (TPSA) is 88.5 Å². The molecule has 1 aromatic heterocycles. The molecular formula is C20H24N2O4. The zero-order valence-electron chi connectivity index (χ0n) is 15.2. The third-order valence-electron chi connectivity index (χ3n) is 3.79. The van der Waals surface area contributed by atoms with Crippen molar-refractivity contribution >= 4 is 11.9 Å². The first kappa shape index (κ1) is 19.4. The first-order valence-electron chi connectivity index (χ1n) is 8.53. The van der Waals surface area contributed by atoms with Crippen LogP contribution >= 0.6 is 0 Å². The number of hydrogen-bond donors (Lipinski definition) is 2. The molecule has 0 aliphatic heterocycles. The summed E-state index contributed by atoms with van der Waals surface area (Å²) in [6.45, 7) is 6.02. The van der Waals surface area contributed by atoms with Crippen molar-refractivity contribution in [2.45, 2.75) is 39.8 Å². The lowest BCUT2D eigenvalue weighted by molar-refractivity contribution is -0.139. The molecule has 0 unspecified atom stereocenters. The Kier molecular flexibility index (Phi) is 6.72. The number of pyridine rings is 1. The lowest BCUT2D eigenvalue weighted by atomic mass is 10.0. The first-order chi connectivity index (χ1) is 12.3. The number of aryl methyl sites for hydroxylation is 1. The molecule has 0 aliphatic rings. The molecule has 0 spiro atoms. The van der Waals surface area contributed by atoms with Crippen molar-refractivity contribution in [1.29, 1.82) is 0 Å². The molecule has 0 fully saturated rings. The molecule has 0 bridgehead atoms. The van der Waals surface area contributed by atoms with Crippen LogP contribution in [0.4, 0.5) is 0 Å². The number of carboxylic acid groups (broad SMARTS) is 1. The van der Waals surface area contributed by atoms with Gasteiger partial charge in [-0.2, -0.15) is 0 Å². The van der Waals surface area contributed by atoms with Gasteiger partial charge in [0.25, 0.3) is 5.91 Å². The van der Waals surface area contributed by atoms with Gasteiger partial charge in [-0.15, -0.1) is 0 Å². The van der Waals surface area contributed by atoms with Gasteiger partial charge in [-0.25, -0.2) is 4.79 Å². The Labute approximate surface area is 153 Å². The monoisotopic (exact) mass is 356 g/mol. The highest BCUT2D eigenvalue weighted by Gasteiger charge is 2.21. The number of benzene rings is 1. The molecule has 6 heteroatoms. The van der Waals surface area contributed by atoms with E-state index in [1.54, 1.807) is 24.4 Å². The third-order valence-corrected chi connectivity index (χ3v) is 3.79. The molecule has 2 aromatic rings. The summed E-state index contributed by atoms with van der Waals surface area (Å²) >= 11 is 0. The summed E-state index contributed by atoms with van der Waals surface area (Å²) in [4.78, 5) is 27.9. The molecule has 0 aliphatic carbocycles. The van der Waals surface area contributed by atoms with Gasteiger partial charge in [0.2, 0.25) is 0 Å². The normalized spacial score (nSPS) is 11.8. The van der Waals surface area contributed by atoms with E-state index < -0.39 is 17.9 Å². The minimum Gasteiger partial charge on any atom is -0.487 e. The average molecular weight is 356 g/mol. The van der Waals surface area contributed by atoms with E-state index in [2.05, 4.69) is 10.3 Å². The van der Waals surface area contributed by atoms with Crippen LogP contribution in [0.2, 0.25) is 0 Å². The summed E-state index contributed by atoms with van der Waals surface area (Å²) in [6.07, 6.45) is 2.03. The van der Waals surface area contributed by atoms with Crippen molar-refractivity contribution in [2.75, 3.05) is 0 Å². The molecule has 1 heterocycles. The molecule has 0 radical (unpaired) electrons. The fourth-order valence-corrected chi connectivity index (χ4v) is 2.44. The number of aliphatic carboxylic acids is 1. The number of nitrogens with zero attached hydrogens (tertiary/aromatic N) is 1. The van der Waals surface area contributed by atoms with E-state index in [1.807, 2.05) is 39.0 Å². The summed E-state index contributed by atoms with van der Waals surface area (Å²) in [5.41, 5.74) is 2.13. The number of carbonyl (C=O) groups is 2. The van der Waals surface area contributed by atoms with E-state index in [0.717, 1.165) is 11.3 Å². The van der Waals surface area contributed by atoms with E-state index in [9.17, 15) is 14.7 Å². The smallest absolute Gasteiger partial charge is 0.326 e. The Morgan fingerprint density at radius 3 is 2.62 bits per heavy atom. The van der Waals surface area contributed by atoms with Gasteiger partial charge >= 0.3 is 5.97 Å². The largest absolute Gasteiger partial charge is 0.487 e. The minimum atomic E-state index is -1.03. The third kappa shape index (κ3) is 5.88. The SMILES string of the molecule is Cc1ccc(OCc2cccc(C(=O)N[C@@H](CC(C)C)C(=O)O)c2)cn1. The van der Waals surface area contributed by atoms with E-state index >= 15 is 0 Å². The molecule has 1 atom stereocenters. The van der Waals surface area contributed by atoms with Crippen LogP contribution < -0.4 is 10.1 Å². The van der Waals surface area contributed by atoms with Crippen LogP contribution in [0.1, 0.15) is 41.9 Å². The Balaban J connectivity index is 2.01. The van der Waals surface area contributed by atoms with Crippen molar-refractivity contribution in [3.63, 3.8) is 0 Å². The number of carboxylic acids is 1. The van der Waals surface area contributed by atoms with Gasteiger partial charge < -0.3 is 15.2 Å². The summed E-state index contributed by atoms with van der Waals surface area (Å²) in [6, 6.07) is 9.75. The number of carbonyl (C=O) groups excluding carboxylic acids is 1. The summed E-state index contributed by atoms with van der Waals surface area (Å²) < 4.78 is 5.67. The predicted octanol–water partition coefficient (Wildman–Crippen LogP) is 3.20. The van der Waals surface area contributed by atoms with Crippen molar-refractivity contribution in [3.8, 4) is 5.75 Å². The second-order valence-electron chi connectivity index (χ2n) is 6.62. The second-order valence-corrected chi connectivity index (χ2v) is 6.62. The van der Waals surface area contributed by atoms with E-state index in [4.69, 9.17) is 4.74 Å². The molecule has 1 aromatic carbocycles. The highest BCUT2D eigenvalue weighted by atomic mass is 16.5. The van der Waals surface area contributed by atoms with Crippen molar-refractivity contribution in [3.05, 3.63) is 59.4 Å². The number of aromatic nitrogens is 1. The molecule has 6 nitrogen and oxygen atoms in total. The van der Waals surface area contributed by atoms with Gasteiger partial charge in [-0.05, 0) is 49.1 Å². The molecule has 0 saturated carbocycles. The molecular weight excluding hydrogens is 332 g/mol. The van der Waals surface area contributed by atoms with Crippen LogP contribution in [0.5, 0.6) is 5.75 Å². The highest BCUT2D eigenvalue weighted by molar-refractivity contribution is 5.96. The van der Waals surface area contributed by atoms with Crippen LogP contribution in [0.15, 0.2) is 42.6 Å². The quantitative estimate of drug-likeness (QED) is 0.758. The molecule has 2 rings (SSSR count). The molecule has 1 amide bonds. The second kappa shape index (κ2) is 8.99. The fourth-order valence-electron chi connectivity index (χ4n) is 2.44. The van der Waals surface area contributed by atoms with E-state index in [1.165, 1.54) is 0 Å². The Morgan fingerprint density at radius 2 is 2.00 bits per heavy atom. The van der Waals surface area contributed by atoms with Crippen LogP contribution in [0, 0.1) is 12.8 Å². The number of rotatable bonds is 8. The summed E-state index contributed by atoms with van der Waals surface area (Å²) in [5, 5.41) is 11.8. The maximum atomic E-state index is 12.4. The van der Waals surface area contributed by atoms with Gasteiger partial charge in [0, 0.05) is 11.3 Å². The minimum absolute atomic E-state index is 0.166. The maximum absolute atomic E-state index is 12.4. The fraction of sp³-hybridized carbons (Fsp3) is 0.350. The summed E-state index contributed by atoms with van der Waals surface area (Å²) in [5.74, 6) is -0.622. The van der Waals surface area contributed by atoms with Crippen LogP contribution in [-0.2, 0) is 11.4 Å². The average Bonchev–Trinajstić information content (AvgIpc) is 2.60. The molecule has 138 valence electrons. The molecule has 0 saturated heterocycles.